The maximum atomic E-state index is 3.77. The van der Waals surface area contributed by atoms with Crippen molar-refractivity contribution < 1.29 is 16.9 Å². The third-order valence-corrected chi connectivity index (χ3v) is 6.60. The summed E-state index contributed by atoms with van der Waals surface area (Å²) in [4.78, 5) is 0. The molecule has 0 saturated heterocycles. The highest BCUT2D eigenvalue weighted by Gasteiger charge is 2.18. The second kappa shape index (κ2) is 21.0. The number of alkyl halides is 1. The van der Waals surface area contributed by atoms with E-state index in [0.29, 0.717) is 0 Å². The smallest absolute Gasteiger partial charge is 0.134 e. The lowest BCUT2D eigenvalue weighted by Gasteiger charge is -2.32. The third-order valence-electron chi connectivity index (χ3n) is 5.39. The van der Waals surface area contributed by atoms with Crippen LogP contribution < -0.4 is 12.4 Å². The maximum Gasteiger partial charge on any atom is 0.134 e. The number of hydrogen-bond donors (Lipinski definition) is 0. The molecule has 0 aliphatic rings. The summed E-state index contributed by atoms with van der Waals surface area (Å²) in [5.74, 6) is 0. The first-order valence-electron chi connectivity index (χ1n) is 11.1. The molecular formula is C22H47BrClN. The molecule has 25 heavy (non-hydrogen) atoms. The SMILES string of the molecule is CCCCCCCCCC[N+](C)(CBr)CCCCCCCCCC.[Cl-]. The van der Waals surface area contributed by atoms with Crippen molar-refractivity contribution in [2.75, 3.05) is 25.6 Å². The second-order valence-electron chi connectivity index (χ2n) is 8.14. The molecule has 0 atom stereocenters. The van der Waals surface area contributed by atoms with Crippen LogP contribution in [0.4, 0.5) is 0 Å². The van der Waals surface area contributed by atoms with Gasteiger partial charge in [-0.25, -0.2) is 0 Å². The molecule has 0 rings (SSSR count). The van der Waals surface area contributed by atoms with Crippen molar-refractivity contribution in [1.29, 1.82) is 0 Å². The molecule has 0 saturated carbocycles. The Morgan fingerprint density at radius 3 is 1.08 bits per heavy atom. The first kappa shape index (κ1) is 27.9. The molecule has 1 nitrogen and oxygen atoms in total. The molecule has 3 heteroatoms. The minimum atomic E-state index is 0. The zero-order valence-corrected chi connectivity index (χ0v) is 20.0. The van der Waals surface area contributed by atoms with Crippen molar-refractivity contribution in [3.05, 3.63) is 0 Å². The van der Waals surface area contributed by atoms with E-state index in [1.807, 2.05) is 0 Å². The van der Waals surface area contributed by atoms with Gasteiger partial charge in [0.2, 0.25) is 0 Å². The fourth-order valence-corrected chi connectivity index (χ4v) is 3.99. The Labute approximate surface area is 174 Å². The van der Waals surface area contributed by atoms with Crippen LogP contribution in [0.5, 0.6) is 0 Å². The number of unbranched alkanes of at least 4 members (excludes halogenated alkanes) is 14. The number of hydrogen-bond acceptors (Lipinski definition) is 0. The largest absolute Gasteiger partial charge is 1.00 e. The van der Waals surface area contributed by atoms with Crippen LogP contribution in [0.15, 0.2) is 0 Å². The summed E-state index contributed by atoms with van der Waals surface area (Å²) in [5.41, 5.74) is 1.12. The Morgan fingerprint density at radius 2 is 0.800 bits per heavy atom. The van der Waals surface area contributed by atoms with Crippen LogP contribution in [0.1, 0.15) is 117 Å². The van der Waals surface area contributed by atoms with Crippen molar-refractivity contribution >= 4 is 15.9 Å². The molecule has 0 aliphatic carbocycles. The molecule has 0 spiro atoms. The molecule has 0 radical (unpaired) electrons. The first-order valence-corrected chi connectivity index (χ1v) is 12.2. The molecule has 0 aromatic heterocycles. The highest BCUT2D eigenvalue weighted by Crippen LogP contribution is 2.15. The predicted octanol–water partition coefficient (Wildman–Crippen LogP) is 5.07. The Bertz CT molecular complexity index is 228. The normalized spacial score (nSPS) is 11.5. The van der Waals surface area contributed by atoms with Gasteiger partial charge in [-0.15, -0.1) is 0 Å². The van der Waals surface area contributed by atoms with Crippen LogP contribution in [0.2, 0.25) is 0 Å². The van der Waals surface area contributed by atoms with Gasteiger partial charge in [0.15, 0.2) is 0 Å². The number of nitrogens with zero attached hydrogens (tertiary/aromatic N) is 1. The quantitative estimate of drug-likeness (QED) is 0.114. The standard InChI is InChI=1S/C22H47BrN.ClH/c1-4-6-8-10-12-14-16-18-20-24(3,22-23)21-19-17-15-13-11-9-7-5-2;/h4-22H2,1-3H3;1H/q+1;/p-1. The van der Waals surface area contributed by atoms with Crippen molar-refractivity contribution in [3.8, 4) is 0 Å². The molecule has 0 aromatic carbocycles. The average molecular weight is 441 g/mol. The van der Waals surface area contributed by atoms with E-state index in [1.54, 1.807) is 0 Å². The molecule has 0 N–H and O–H groups in total. The van der Waals surface area contributed by atoms with Gasteiger partial charge >= 0.3 is 0 Å². The summed E-state index contributed by atoms with van der Waals surface area (Å²) < 4.78 is 1.23. The molecular weight excluding hydrogens is 394 g/mol. The molecule has 0 amide bonds. The number of quaternary nitrogens is 1. The van der Waals surface area contributed by atoms with E-state index in [9.17, 15) is 0 Å². The molecule has 0 fully saturated rings. The maximum absolute atomic E-state index is 3.77. The molecule has 0 aromatic rings. The van der Waals surface area contributed by atoms with E-state index in [4.69, 9.17) is 0 Å². The van der Waals surface area contributed by atoms with Gasteiger partial charge in [-0.1, -0.05) is 90.9 Å². The van der Waals surface area contributed by atoms with E-state index in [2.05, 4.69) is 36.8 Å². The van der Waals surface area contributed by atoms with Gasteiger partial charge in [-0.3, -0.25) is 0 Å². The van der Waals surface area contributed by atoms with E-state index in [0.717, 1.165) is 5.45 Å². The molecule has 154 valence electrons. The average Bonchev–Trinajstić information content (AvgIpc) is 2.59. The van der Waals surface area contributed by atoms with Crippen LogP contribution in [0, 0.1) is 0 Å². The van der Waals surface area contributed by atoms with E-state index < -0.39 is 0 Å². The zero-order chi connectivity index (χ0) is 17.9. The summed E-state index contributed by atoms with van der Waals surface area (Å²) in [6.45, 7) is 7.31. The van der Waals surface area contributed by atoms with Crippen molar-refractivity contribution in [3.63, 3.8) is 0 Å². The summed E-state index contributed by atoms with van der Waals surface area (Å²) >= 11 is 3.77. The van der Waals surface area contributed by atoms with Crippen LogP contribution in [-0.4, -0.2) is 30.1 Å². The lowest BCUT2D eigenvalue weighted by Crippen LogP contribution is -3.00. The van der Waals surface area contributed by atoms with Crippen LogP contribution in [0.3, 0.4) is 0 Å². The first-order chi connectivity index (χ1) is 11.7. The third kappa shape index (κ3) is 19.3. The summed E-state index contributed by atoms with van der Waals surface area (Å²) in [6.07, 6.45) is 22.9. The Balaban J connectivity index is 0. The van der Waals surface area contributed by atoms with Gasteiger partial charge in [0.25, 0.3) is 0 Å². The van der Waals surface area contributed by atoms with Crippen molar-refractivity contribution in [2.45, 2.75) is 117 Å². The van der Waals surface area contributed by atoms with Gasteiger partial charge in [0, 0.05) is 0 Å². The van der Waals surface area contributed by atoms with Crippen molar-refractivity contribution in [2.24, 2.45) is 0 Å². The second-order valence-corrected chi connectivity index (χ2v) is 8.64. The van der Waals surface area contributed by atoms with E-state index >= 15 is 0 Å². The number of rotatable bonds is 19. The minimum Gasteiger partial charge on any atom is -1.00 e. The van der Waals surface area contributed by atoms with Crippen LogP contribution in [-0.2, 0) is 0 Å². The van der Waals surface area contributed by atoms with Crippen molar-refractivity contribution in [1.82, 2.24) is 0 Å². The molecule has 0 unspecified atom stereocenters. The van der Waals surface area contributed by atoms with Gasteiger partial charge in [-0.2, -0.15) is 0 Å². The van der Waals surface area contributed by atoms with Crippen LogP contribution >= 0.6 is 15.9 Å². The Kier molecular flexibility index (Phi) is 23.5. The molecule has 0 aliphatic heterocycles. The topological polar surface area (TPSA) is 0 Å². The Morgan fingerprint density at radius 1 is 0.520 bits per heavy atom. The van der Waals surface area contributed by atoms with E-state index in [1.165, 1.54) is 120 Å². The Hall–Kier alpha value is 0.730. The van der Waals surface area contributed by atoms with Gasteiger partial charge in [0.05, 0.1) is 20.1 Å². The number of halogens is 2. The highest BCUT2D eigenvalue weighted by molar-refractivity contribution is 9.09. The summed E-state index contributed by atoms with van der Waals surface area (Å²) in [6, 6.07) is 0. The lowest BCUT2D eigenvalue weighted by molar-refractivity contribution is -0.896. The highest BCUT2D eigenvalue weighted by atomic mass is 79.9. The molecule has 0 heterocycles. The monoisotopic (exact) mass is 439 g/mol. The van der Waals surface area contributed by atoms with Gasteiger partial charge < -0.3 is 16.9 Å². The lowest BCUT2D eigenvalue weighted by atomic mass is 10.1. The fraction of sp³-hybridized carbons (Fsp3) is 1.00. The van der Waals surface area contributed by atoms with Gasteiger partial charge in [-0.05, 0) is 41.6 Å². The fourth-order valence-electron chi connectivity index (χ4n) is 3.49. The van der Waals surface area contributed by atoms with E-state index in [-0.39, 0.29) is 12.4 Å². The summed E-state index contributed by atoms with van der Waals surface area (Å²) in [7, 11) is 2.44. The zero-order valence-electron chi connectivity index (χ0n) is 17.6. The minimum absolute atomic E-state index is 0. The predicted molar refractivity (Wildman–Crippen MR) is 115 cm³/mol. The summed E-state index contributed by atoms with van der Waals surface area (Å²) in [5, 5.41) is 0. The van der Waals surface area contributed by atoms with Gasteiger partial charge in [0.1, 0.15) is 5.45 Å². The molecule has 0 bridgehead atoms. The van der Waals surface area contributed by atoms with Crippen LogP contribution in [0.25, 0.3) is 0 Å².